The SMILES string of the molecule is CC(C)COc1cccc(CNC(=O)Cc2cccc(C(=O)O)c2)c1. The largest absolute Gasteiger partial charge is 0.493 e. The molecule has 2 N–H and O–H groups in total. The predicted molar refractivity (Wildman–Crippen MR) is 95.7 cm³/mol. The molecular formula is C20H23NO4. The molecule has 2 aromatic rings. The van der Waals surface area contributed by atoms with Crippen molar-refractivity contribution in [3.05, 3.63) is 65.2 Å². The van der Waals surface area contributed by atoms with Crippen LogP contribution < -0.4 is 10.1 Å². The fourth-order valence-electron chi connectivity index (χ4n) is 2.27. The third-order valence-electron chi connectivity index (χ3n) is 3.51. The summed E-state index contributed by atoms with van der Waals surface area (Å²) in [4.78, 5) is 23.0. The van der Waals surface area contributed by atoms with Gasteiger partial charge in [-0.3, -0.25) is 4.79 Å². The molecule has 2 aromatic carbocycles. The number of carboxylic acids is 1. The Hall–Kier alpha value is -2.82. The van der Waals surface area contributed by atoms with E-state index < -0.39 is 5.97 Å². The summed E-state index contributed by atoms with van der Waals surface area (Å²) >= 11 is 0. The highest BCUT2D eigenvalue weighted by Crippen LogP contribution is 2.14. The zero-order valence-corrected chi connectivity index (χ0v) is 14.5. The van der Waals surface area contributed by atoms with Gasteiger partial charge in [0.25, 0.3) is 0 Å². The lowest BCUT2D eigenvalue weighted by molar-refractivity contribution is -0.120. The number of carboxylic acid groups (broad SMARTS) is 1. The number of carbonyl (C=O) groups excluding carboxylic acids is 1. The molecule has 0 bridgehead atoms. The van der Waals surface area contributed by atoms with Gasteiger partial charge in [-0.15, -0.1) is 0 Å². The summed E-state index contributed by atoms with van der Waals surface area (Å²) in [6.07, 6.45) is 0.144. The first kappa shape index (κ1) is 18.5. The minimum atomic E-state index is -1.000. The number of benzene rings is 2. The first-order valence-electron chi connectivity index (χ1n) is 8.24. The normalized spacial score (nSPS) is 10.5. The van der Waals surface area contributed by atoms with E-state index >= 15 is 0 Å². The van der Waals surface area contributed by atoms with Crippen molar-refractivity contribution in [2.45, 2.75) is 26.8 Å². The van der Waals surface area contributed by atoms with Crippen LogP contribution in [-0.2, 0) is 17.8 Å². The van der Waals surface area contributed by atoms with Gasteiger partial charge < -0.3 is 15.2 Å². The smallest absolute Gasteiger partial charge is 0.335 e. The van der Waals surface area contributed by atoms with Crippen LogP contribution in [0.25, 0.3) is 0 Å². The Morgan fingerprint density at radius 2 is 1.80 bits per heavy atom. The molecule has 0 radical (unpaired) electrons. The topological polar surface area (TPSA) is 75.6 Å². The first-order valence-corrected chi connectivity index (χ1v) is 8.24. The van der Waals surface area contributed by atoms with Crippen molar-refractivity contribution < 1.29 is 19.4 Å². The van der Waals surface area contributed by atoms with Gasteiger partial charge in [0.2, 0.25) is 5.91 Å². The van der Waals surface area contributed by atoms with Crippen LogP contribution >= 0.6 is 0 Å². The van der Waals surface area contributed by atoms with Gasteiger partial charge in [0, 0.05) is 6.54 Å². The highest BCUT2D eigenvalue weighted by atomic mass is 16.5. The van der Waals surface area contributed by atoms with Gasteiger partial charge in [-0.2, -0.15) is 0 Å². The van der Waals surface area contributed by atoms with Gasteiger partial charge in [0.1, 0.15) is 5.75 Å². The number of aromatic carboxylic acids is 1. The van der Waals surface area contributed by atoms with Crippen molar-refractivity contribution in [1.82, 2.24) is 5.32 Å². The van der Waals surface area contributed by atoms with Crippen LogP contribution in [0.15, 0.2) is 48.5 Å². The van der Waals surface area contributed by atoms with Crippen LogP contribution in [0.2, 0.25) is 0 Å². The minimum Gasteiger partial charge on any atom is -0.493 e. The lowest BCUT2D eigenvalue weighted by atomic mass is 10.1. The second-order valence-electron chi connectivity index (χ2n) is 6.31. The van der Waals surface area contributed by atoms with Gasteiger partial charge in [-0.05, 0) is 41.3 Å². The molecule has 0 aliphatic rings. The van der Waals surface area contributed by atoms with Crippen LogP contribution in [0, 0.1) is 5.92 Å². The first-order chi connectivity index (χ1) is 11.9. The zero-order chi connectivity index (χ0) is 18.2. The Labute approximate surface area is 147 Å². The van der Waals surface area contributed by atoms with Crippen LogP contribution in [0.3, 0.4) is 0 Å². The third-order valence-corrected chi connectivity index (χ3v) is 3.51. The summed E-state index contributed by atoms with van der Waals surface area (Å²) in [5.74, 6) is 0.0797. The molecule has 0 spiro atoms. The second-order valence-corrected chi connectivity index (χ2v) is 6.31. The molecule has 0 saturated heterocycles. The summed E-state index contributed by atoms with van der Waals surface area (Å²) in [5, 5.41) is 11.8. The fourth-order valence-corrected chi connectivity index (χ4v) is 2.27. The van der Waals surface area contributed by atoms with E-state index in [0.29, 0.717) is 24.6 Å². The molecule has 0 fully saturated rings. The zero-order valence-electron chi connectivity index (χ0n) is 14.5. The highest BCUT2D eigenvalue weighted by Gasteiger charge is 2.07. The van der Waals surface area contributed by atoms with E-state index in [0.717, 1.165) is 11.3 Å². The molecule has 0 atom stereocenters. The van der Waals surface area contributed by atoms with Crippen molar-refractivity contribution in [3.63, 3.8) is 0 Å². The van der Waals surface area contributed by atoms with Crippen LogP contribution in [-0.4, -0.2) is 23.6 Å². The Morgan fingerprint density at radius 1 is 1.08 bits per heavy atom. The van der Waals surface area contributed by atoms with Crippen molar-refractivity contribution in [3.8, 4) is 5.75 Å². The number of nitrogens with one attached hydrogen (secondary N) is 1. The summed E-state index contributed by atoms with van der Waals surface area (Å²) < 4.78 is 5.68. The summed E-state index contributed by atoms with van der Waals surface area (Å²) in [5.41, 5.74) is 1.81. The van der Waals surface area contributed by atoms with Crippen molar-refractivity contribution in [2.75, 3.05) is 6.61 Å². The number of amides is 1. The van der Waals surface area contributed by atoms with E-state index in [9.17, 15) is 9.59 Å². The molecule has 0 aliphatic carbocycles. The van der Waals surface area contributed by atoms with Gasteiger partial charge in [-0.1, -0.05) is 38.1 Å². The van der Waals surface area contributed by atoms with Crippen molar-refractivity contribution in [2.24, 2.45) is 5.92 Å². The molecule has 1 amide bonds. The Kier molecular flexibility index (Phi) is 6.57. The maximum absolute atomic E-state index is 12.1. The summed E-state index contributed by atoms with van der Waals surface area (Å²) in [7, 11) is 0. The minimum absolute atomic E-state index is 0.144. The average Bonchev–Trinajstić information content (AvgIpc) is 2.59. The standard InChI is InChI=1S/C20H23NO4/c1-14(2)13-25-18-8-4-6-16(10-18)12-21-19(22)11-15-5-3-7-17(9-15)20(23)24/h3-10,14H,11-13H2,1-2H3,(H,21,22)(H,23,24). The van der Waals surface area contributed by atoms with Gasteiger partial charge in [0.15, 0.2) is 0 Å². The van der Waals surface area contributed by atoms with Gasteiger partial charge >= 0.3 is 5.97 Å². The second kappa shape index (κ2) is 8.87. The fraction of sp³-hybridized carbons (Fsp3) is 0.300. The van der Waals surface area contributed by atoms with E-state index in [4.69, 9.17) is 9.84 Å². The average molecular weight is 341 g/mol. The number of hydrogen-bond donors (Lipinski definition) is 2. The molecule has 0 saturated carbocycles. The third kappa shape index (κ3) is 6.30. The molecule has 132 valence electrons. The Morgan fingerprint density at radius 3 is 2.52 bits per heavy atom. The lowest BCUT2D eigenvalue weighted by Crippen LogP contribution is -2.24. The molecule has 2 rings (SSSR count). The molecular weight excluding hydrogens is 318 g/mol. The monoisotopic (exact) mass is 341 g/mol. The maximum Gasteiger partial charge on any atom is 0.335 e. The molecule has 0 aliphatic heterocycles. The Balaban J connectivity index is 1.88. The number of ether oxygens (including phenoxy) is 1. The molecule has 25 heavy (non-hydrogen) atoms. The van der Waals surface area contributed by atoms with Crippen LogP contribution in [0.1, 0.15) is 35.3 Å². The number of carbonyl (C=O) groups is 2. The highest BCUT2D eigenvalue weighted by molar-refractivity contribution is 5.88. The van der Waals surface area contributed by atoms with Crippen LogP contribution in [0.5, 0.6) is 5.75 Å². The molecule has 0 heterocycles. The molecule has 0 aromatic heterocycles. The number of hydrogen-bond acceptors (Lipinski definition) is 3. The van der Waals surface area contributed by atoms with Crippen molar-refractivity contribution >= 4 is 11.9 Å². The maximum atomic E-state index is 12.1. The summed E-state index contributed by atoms with van der Waals surface area (Å²) in [6.45, 7) is 5.22. The van der Waals surface area contributed by atoms with Gasteiger partial charge in [-0.25, -0.2) is 4.79 Å². The van der Waals surface area contributed by atoms with Crippen molar-refractivity contribution in [1.29, 1.82) is 0 Å². The molecule has 5 nitrogen and oxygen atoms in total. The van der Waals surface area contributed by atoms with E-state index in [-0.39, 0.29) is 17.9 Å². The number of rotatable bonds is 8. The predicted octanol–water partition coefficient (Wildman–Crippen LogP) is 3.28. The molecule has 5 heteroatoms. The van der Waals surface area contributed by atoms with E-state index in [1.807, 2.05) is 24.3 Å². The van der Waals surface area contributed by atoms with Crippen LogP contribution in [0.4, 0.5) is 0 Å². The summed E-state index contributed by atoms with van der Waals surface area (Å²) in [6, 6.07) is 14.0. The molecule has 0 unspecified atom stereocenters. The van der Waals surface area contributed by atoms with E-state index in [1.165, 1.54) is 12.1 Å². The lowest BCUT2D eigenvalue weighted by Gasteiger charge is -2.10. The Bertz CT molecular complexity index is 740. The van der Waals surface area contributed by atoms with E-state index in [1.54, 1.807) is 12.1 Å². The van der Waals surface area contributed by atoms with E-state index in [2.05, 4.69) is 19.2 Å². The van der Waals surface area contributed by atoms with Gasteiger partial charge in [0.05, 0.1) is 18.6 Å². The quantitative estimate of drug-likeness (QED) is 0.772.